The summed E-state index contributed by atoms with van der Waals surface area (Å²) in [6.45, 7) is 2.59. The molecule has 0 bridgehead atoms. The molecule has 0 spiro atoms. The lowest BCUT2D eigenvalue weighted by atomic mass is 9.95. The van der Waals surface area contributed by atoms with Crippen molar-refractivity contribution in [1.82, 2.24) is 4.98 Å². The first-order valence-corrected chi connectivity index (χ1v) is 8.05. The number of carboxylic acid groups (broad SMARTS) is 2. The number of halogens is 1. The molecule has 2 aromatic rings. The van der Waals surface area contributed by atoms with Crippen molar-refractivity contribution in [1.29, 1.82) is 0 Å². The Morgan fingerprint density at radius 1 is 1.40 bits per heavy atom. The normalized spacial score (nSPS) is 19.9. The number of aliphatic hydroxyl groups excluding tert-OH is 1. The number of hydrogen-bond acceptors (Lipinski definition) is 5. The Balaban J connectivity index is 0.000000701. The molecule has 0 aliphatic carbocycles. The molecule has 1 aromatic heterocycles. The van der Waals surface area contributed by atoms with E-state index in [9.17, 15) is 15.0 Å². The Hall–Kier alpha value is -2.38. The van der Waals surface area contributed by atoms with E-state index in [-0.39, 0.29) is 13.0 Å². The zero-order valence-corrected chi connectivity index (χ0v) is 14.3. The number of piperidine rings is 1. The van der Waals surface area contributed by atoms with Crippen LogP contribution in [0.3, 0.4) is 0 Å². The highest BCUT2D eigenvalue weighted by molar-refractivity contribution is 6.31. The summed E-state index contributed by atoms with van der Waals surface area (Å²) in [5.74, 6) is -1.01. The zero-order chi connectivity index (χ0) is 18.6. The van der Waals surface area contributed by atoms with Gasteiger partial charge < -0.3 is 20.2 Å². The summed E-state index contributed by atoms with van der Waals surface area (Å²) in [6, 6.07) is 7.47. The maximum Gasteiger partial charge on any atom is 0.310 e. The summed E-state index contributed by atoms with van der Waals surface area (Å²) < 4.78 is 0. The van der Waals surface area contributed by atoms with Gasteiger partial charge in [0.05, 0.1) is 11.6 Å². The molecular formula is C17H19ClN2O5. The third kappa shape index (κ3) is 4.37. The van der Waals surface area contributed by atoms with E-state index in [4.69, 9.17) is 21.5 Å². The minimum atomic E-state index is -0.971. The first-order chi connectivity index (χ1) is 11.9. The molecule has 3 rings (SSSR count). The van der Waals surface area contributed by atoms with E-state index in [1.807, 2.05) is 30.0 Å². The fourth-order valence-electron chi connectivity index (χ4n) is 2.90. The summed E-state index contributed by atoms with van der Waals surface area (Å²) in [6.07, 6.45) is -0.370. The number of fused-ring (bicyclic) bond motifs is 1. The first kappa shape index (κ1) is 19.0. The van der Waals surface area contributed by atoms with Crippen LogP contribution in [0.5, 0.6) is 0 Å². The fraction of sp³-hybridized carbons (Fsp3) is 0.353. The molecule has 25 heavy (non-hydrogen) atoms. The van der Waals surface area contributed by atoms with E-state index < -0.39 is 18.0 Å². The molecule has 0 unspecified atom stereocenters. The van der Waals surface area contributed by atoms with E-state index >= 15 is 0 Å². The Kier molecular flexibility index (Phi) is 6.17. The Bertz CT molecular complexity index is 783. The van der Waals surface area contributed by atoms with Gasteiger partial charge in [0.2, 0.25) is 0 Å². The Morgan fingerprint density at radius 2 is 2.08 bits per heavy atom. The average molecular weight is 367 g/mol. The summed E-state index contributed by atoms with van der Waals surface area (Å²) in [5.41, 5.74) is 1.87. The number of carboxylic acids is 1. The van der Waals surface area contributed by atoms with Gasteiger partial charge in [0.1, 0.15) is 11.7 Å². The van der Waals surface area contributed by atoms with Crippen LogP contribution in [0.2, 0.25) is 5.02 Å². The minimum Gasteiger partial charge on any atom is -0.483 e. The highest BCUT2D eigenvalue weighted by atomic mass is 35.5. The molecule has 8 heteroatoms. The van der Waals surface area contributed by atoms with Crippen LogP contribution in [0.15, 0.2) is 24.3 Å². The van der Waals surface area contributed by atoms with E-state index in [1.54, 1.807) is 6.07 Å². The van der Waals surface area contributed by atoms with Crippen molar-refractivity contribution in [2.45, 2.75) is 19.4 Å². The Labute approximate surface area is 149 Å². The number of benzene rings is 1. The number of aryl methyl sites for hydroxylation is 1. The number of hydrogen-bond donors (Lipinski definition) is 3. The smallest absolute Gasteiger partial charge is 0.310 e. The van der Waals surface area contributed by atoms with Crippen LogP contribution >= 0.6 is 11.6 Å². The van der Waals surface area contributed by atoms with Crippen LogP contribution in [0.1, 0.15) is 12.0 Å². The van der Waals surface area contributed by atoms with Gasteiger partial charge >= 0.3 is 5.97 Å². The van der Waals surface area contributed by atoms with Crippen LogP contribution < -0.4 is 4.90 Å². The molecule has 134 valence electrons. The first-order valence-electron chi connectivity index (χ1n) is 7.68. The second-order valence-corrected chi connectivity index (χ2v) is 6.25. The lowest BCUT2D eigenvalue weighted by Crippen LogP contribution is -2.46. The van der Waals surface area contributed by atoms with E-state index in [1.165, 1.54) is 0 Å². The van der Waals surface area contributed by atoms with Crippen LogP contribution in [0.25, 0.3) is 10.9 Å². The molecule has 3 N–H and O–H groups in total. The fourth-order valence-corrected chi connectivity index (χ4v) is 3.07. The number of aromatic nitrogens is 1. The van der Waals surface area contributed by atoms with Gasteiger partial charge in [-0.05, 0) is 43.2 Å². The average Bonchev–Trinajstić information content (AvgIpc) is 2.56. The number of nitrogens with zero attached hydrogens (tertiary/aromatic N) is 2. The quantitative estimate of drug-likeness (QED) is 0.698. The topological polar surface area (TPSA) is 111 Å². The van der Waals surface area contributed by atoms with Crippen LogP contribution in [-0.4, -0.2) is 51.9 Å². The monoisotopic (exact) mass is 366 g/mol. The third-order valence-corrected chi connectivity index (χ3v) is 4.42. The van der Waals surface area contributed by atoms with Crippen molar-refractivity contribution >= 4 is 40.8 Å². The summed E-state index contributed by atoms with van der Waals surface area (Å²) in [7, 11) is 0. The largest absolute Gasteiger partial charge is 0.483 e. The van der Waals surface area contributed by atoms with Crippen molar-refractivity contribution in [3.05, 3.63) is 34.9 Å². The van der Waals surface area contributed by atoms with E-state index in [0.29, 0.717) is 18.0 Å². The number of aliphatic carboxylic acids is 1. The molecule has 7 nitrogen and oxygen atoms in total. The lowest BCUT2D eigenvalue weighted by Gasteiger charge is -2.35. The molecule has 0 amide bonds. The Morgan fingerprint density at radius 3 is 2.72 bits per heavy atom. The van der Waals surface area contributed by atoms with Crippen LogP contribution in [0, 0.1) is 12.8 Å². The summed E-state index contributed by atoms with van der Waals surface area (Å²) in [4.78, 5) is 26.1. The van der Waals surface area contributed by atoms with Crippen LogP contribution in [0.4, 0.5) is 5.82 Å². The molecule has 2 atom stereocenters. The molecule has 1 aliphatic rings. The van der Waals surface area contributed by atoms with Crippen molar-refractivity contribution in [2.75, 3.05) is 18.0 Å². The standard InChI is InChI=1S/C16H17ClN2O3.CH2O2/c1-9-6-15(18-13-3-2-10(17)7-11(9)13)19-5-4-14(20)12(8-19)16(21)22;2-1-3/h2-3,6-7,12,14,20H,4-5,8H2,1H3,(H,21,22);1H,(H,2,3)/t12-,14+;/m0./s1. The second-order valence-electron chi connectivity index (χ2n) is 5.81. The number of anilines is 1. The maximum atomic E-state index is 11.2. The van der Waals surface area contributed by atoms with E-state index in [0.717, 1.165) is 22.3 Å². The summed E-state index contributed by atoms with van der Waals surface area (Å²) in [5, 5.41) is 27.6. The predicted octanol–water partition coefficient (Wildman–Crippen LogP) is 2.17. The molecule has 0 saturated carbocycles. The van der Waals surface area contributed by atoms with Crippen LogP contribution in [-0.2, 0) is 9.59 Å². The maximum absolute atomic E-state index is 11.2. The molecular weight excluding hydrogens is 348 g/mol. The number of carbonyl (C=O) groups is 2. The predicted molar refractivity (Wildman–Crippen MR) is 94.1 cm³/mol. The van der Waals surface area contributed by atoms with Crippen molar-refractivity contribution in [3.63, 3.8) is 0 Å². The highest BCUT2D eigenvalue weighted by Gasteiger charge is 2.33. The molecule has 0 radical (unpaired) electrons. The van der Waals surface area contributed by atoms with Gasteiger partial charge in [0.25, 0.3) is 6.47 Å². The molecule has 1 aromatic carbocycles. The number of aliphatic hydroxyl groups is 1. The number of rotatable bonds is 2. The van der Waals surface area contributed by atoms with Gasteiger partial charge in [0.15, 0.2) is 0 Å². The van der Waals surface area contributed by atoms with Gasteiger partial charge in [0, 0.05) is 23.5 Å². The van der Waals surface area contributed by atoms with Gasteiger partial charge in [-0.25, -0.2) is 4.98 Å². The minimum absolute atomic E-state index is 0.250. The van der Waals surface area contributed by atoms with Crippen molar-refractivity contribution in [2.24, 2.45) is 5.92 Å². The lowest BCUT2D eigenvalue weighted by molar-refractivity contribution is -0.146. The zero-order valence-electron chi connectivity index (χ0n) is 13.6. The van der Waals surface area contributed by atoms with Gasteiger partial charge in [-0.1, -0.05) is 11.6 Å². The van der Waals surface area contributed by atoms with Gasteiger partial charge in [-0.15, -0.1) is 0 Å². The number of pyridine rings is 1. The van der Waals surface area contributed by atoms with Gasteiger partial charge in [-0.2, -0.15) is 0 Å². The van der Waals surface area contributed by atoms with Gasteiger partial charge in [-0.3, -0.25) is 9.59 Å². The highest BCUT2D eigenvalue weighted by Crippen LogP contribution is 2.28. The molecule has 1 fully saturated rings. The SMILES string of the molecule is Cc1cc(N2CC[C@@H](O)[C@@H](C(=O)O)C2)nc2ccc(Cl)cc12.O=CO. The molecule has 1 aliphatic heterocycles. The van der Waals surface area contributed by atoms with Crippen molar-refractivity contribution < 1.29 is 24.9 Å². The van der Waals surface area contributed by atoms with E-state index in [2.05, 4.69) is 4.98 Å². The summed E-state index contributed by atoms with van der Waals surface area (Å²) >= 11 is 6.02. The molecule has 2 heterocycles. The molecule has 1 saturated heterocycles. The second kappa shape index (κ2) is 8.13. The van der Waals surface area contributed by atoms with Crippen molar-refractivity contribution in [3.8, 4) is 0 Å². The third-order valence-electron chi connectivity index (χ3n) is 4.18.